The summed E-state index contributed by atoms with van der Waals surface area (Å²) in [5.74, 6) is 0.151. The van der Waals surface area contributed by atoms with Crippen molar-refractivity contribution in [3.8, 4) is 5.75 Å². The van der Waals surface area contributed by atoms with Crippen molar-refractivity contribution in [2.24, 2.45) is 0 Å². The summed E-state index contributed by atoms with van der Waals surface area (Å²) in [6, 6.07) is 18.5. The molecule has 3 aromatic rings. The number of amides is 1. The first-order valence-corrected chi connectivity index (χ1v) is 11.1. The molecule has 0 saturated carbocycles. The molecule has 3 aromatic carbocycles. The Labute approximate surface area is 180 Å². The van der Waals surface area contributed by atoms with Crippen LogP contribution in [0, 0.1) is 0 Å². The molecule has 0 saturated heterocycles. The van der Waals surface area contributed by atoms with Crippen LogP contribution in [0.25, 0.3) is 0 Å². The van der Waals surface area contributed by atoms with E-state index in [-0.39, 0.29) is 15.5 Å². The van der Waals surface area contributed by atoms with Crippen molar-refractivity contribution >= 4 is 38.9 Å². The Morgan fingerprint density at radius 2 is 1.87 bits per heavy atom. The first-order chi connectivity index (χ1) is 14.4. The van der Waals surface area contributed by atoms with Crippen LogP contribution in [0.4, 0.5) is 11.4 Å². The standard InChI is InChI=1S/C22H19ClN2O4S/c1-29-18-7-4-6-17(14-18)24-22(26)16-9-10-19(23)21(13-16)30(27,28)25-12-11-15-5-2-3-8-20(15)25/h2-10,13-14H,11-12H2,1H3,(H,24,26). The highest BCUT2D eigenvalue weighted by molar-refractivity contribution is 7.93. The van der Waals surface area contributed by atoms with Gasteiger partial charge in [-0.3, -0.25) is 9.10 Å². The molecule has 1 aliphatic heterocycles. The summed E-state index contributed by atoms with van der Waals surface area (Å²) < 4.78 is 33.2. The fourth-order valence-corrected chi connectivity index (χ4v) is 5.43. The molecule has 0 unspecified atom stereocenters. The van der Waals surface area contributed by atoms with Crippen molar-refractivity contribution in [1.82, 2.24) is 0 Å². The summed E-state index contributed by atoms with van der Waals surface area (Å²) in [6.45, 7) is 0.332. The first kappa shape index (κ1) is 20.3. The smallest absolute Gasteiger partial charge is 0.265 e. The van der Waals surface area contributed by atoms with Gasteiger partial charge in [0.1, 0.15) is 10.6 Å². The first-order valence-electron chi connectivity index (χ1n) is 9.26. The third-order valence-electron chi connectivity index (χ3n) is 4.93. The van der Waals surface area contributed by atoms with Crippen LogP contribution in [0.3, 0.4) is 0 Å². The number of ether oxygens (including phenoxy) is 1. The zero-order valence-electron chi connectivity index (χ0n) is 16.1. The number of nitrogens with one attached hydrogen (secondary N) is 1. The number of methoxy groups -OCH3 is 1. The number of hydrogen-bond acceptors (Lipinski definition) is 4. The van der Waals surface area contributed by atoms with Gasteiger partial charge in [0.15, 0.2) is 0 Å². The minimum atomic E-state index is -3.92. The Morgan fingerprint density at radius 3 is 2.67 bits per heavy atom. The maximum absolute atomic E-state index is 13.3. The predicted octanol–water partition coefficient (Wildman–Crippen LogP) is 4.35. The van der Waals surface area contributed by atoms with Crippen LogP contribution in [-0.4, -0.2) is 28.0 Å². The largest absolute Gasteiger partial charge is 0.497 e. The zero-order valence-corrected chi connectivity index (χ0v) is 17.7. The number of carbonyl (C=O) groups is 1. The fraction of sp³-hybridized carbons (Fsp3) is 0.136. The van der Waals surface area contributed by atoms with E-state index in [0.717, 1.165) is 5.56 Å². The SMILES string of the molecule is COc1cccc(NC(=O)c2ccc(Cl)c(S(=O)(=O)N3CCc4ccccc43)c2)c1. The van der Waals surface area contributed by atoms with Gasteiger partial charge in [-0.2, -0.15) is 0 Å². The number of para-hydroxylation sites is 1. The van der Waals surface area contributed by atoms with Gasteiger partial charge in [-0.15, -0.1) is 0 Å². The minimum Gasteiger partial charge on any atom is -0.497 e. The molecule has 1 N–H and O–H groups in total. The van der Waals surface area contributed by atoms with E-state index in [0.29, 0.717) is 30.1 Å². The molecule has 6 nitrogen and oxygen atoms in total. The average molecular weight is 443 g/mol. The lowest BCUT2D eigenvalue weighted by Gasteiger charge is -2.20. The van der Waals surface area contributed by atoms with Gasteiger partial charge in [-0.05, 0) is 48.4 Å². The molecule has 8 heteroatoms. The van der Waals surface area contributed by atoms with Crippen LogP contribution < -0.4 is 14.4 Å². The molecule has 4 rings (SSSR count). The highest BCUT2D eigenvalue weighted by Crippen LogP contribution is 2.35. The van der Waals surface area contributed by atoms with Crippen molar-refractivity contribution in [1.29, 1.82) is 0 Å². The second-order valence-corrected chi connectivity index (χ2v) is 9.03. The van der Waals surface area contributed by atoms with Crippen LogP contribution in [-0.2, 0) is 16.4 Å². The van der Waals surface area contributed by atoms with E-state index < -0.39 is 15.9 Å². The number of sulfonamides is 1. The highest BCUT2D eigenvalue weighted by Gasteiger charge is 2.32. The molecule has 1 aliphatic rings. The van der Waals surface area contributed by atoms with Gasteiger partial charge >= 0.3 is 0 Å². The number of carbonyl (C=O) groups excluding carboxylic acids is 1. The third-order valence-corrected chi connectivity index (χ3v) is 7.23. The number of anilines is 2. The van der Waals surface area contributed by atoms with E-state index in [2.05, 4.69) is 5.32 Å². The molecule has 0 radical (unpaired) electrons. The van der Waals surface area contributed by atoms with E-state index in [1.807, 2.05) is 12.1 Å². The molecule has 0 spiro atoms. The van der Waals surface area contributed by atoms with E-state index >= 15 is 0 Å². The van der Waals surface area contributed by atoms with Gasteiger partial charge in [0.05, 0.1) is 17.8 Å². The summed E-state index contributed by atoms with van der Waals surface area (Å²) in [5.41, 5.74) is 2.32. The van der Waals surface area contributed by atoms with Gasteiger partial charge in [0.2, 0.25) is 0 Å². The molecule has 0 aliphatic carbocycles. The molecule has 30 heavy (non-hydrogen) atoms. The van der Waals surface area contributed by atoms with Gasteiger partial charge < -0.3 is 10.1 Å². The van der Waals surface area contributed by atoms with Crippen molar-refractivity contribution in [2.45, 2.75) is 11.3 Å². The summed E-state index contributed by atoms with van der Waals surface area (Å²) >= 11 is 6.24. The van der Waals surface area contributed by atoms with E-state index in [4.69, 9.17) is 16.3 Å². The number of rotatable bonds is 5. The summed E-state index contributed by atoms with van der Waals surface area (Å²) in [7, 11) is -2.39. The van der Waals surface area contributed by atoms with Crippen LogP contribution >= 0.6 is 11.6 Å². The monoisotopic (exact) mass is 442 g/mol. The molecule has 0 aromatic heterocycles. The van der Waals surface area contributed by atoms with Crippen molar-refractivity contribution < 1.29 is 17.9 Å². The average Bonchev–Trinajstić information content (AvgIpc) is 3.19. The summed E-state index contributed by atoms with van der Waals surface area (Å²) in [5, 5.41) is 2.81. The maximum atomic E-state index is 13.3. The molecule has 1 amide bonds. The van der Waals surface area contributed by atoms with Crippen LogP contribution in [0.2, 0.25) is 5.02 Å². The second kappa shape index (κ2) is 8.01. The van der Waals surface area contributed by atoms with Crippen molar-refractivity contribution in [2.75, 3.05) is 23.3 Å². The number of hydrogen-bond donors (Lipinski definition) is 1. The van der Waals surface area contributed by atoms with E-state index in [9.17, 15) is 13.2 Å². The summed E-state index contributed by atoms with van der Waals surface area (Å²) in [6.07, 6.45) is 0.628. The molecular formula is C22H19ClN2O4S. The molecule has 0 bridgehead atoms. The summed E-state index contributed by atoms with van der Waals surface area (Å²) in [4.78, 5) is 12.6. The Kier molecular flexibility index (Phi) is 5.40. The number of fused-ring (bicyclic) bond motifs is 1. The third kappa shape index (κ3) is 3.74. The molecular weight excluding hydrogens is 424 g/mol. The van der Waals surface area contributed by atoms with Gasteiger partial charge in [0.25, 0.3) is 15.9 Å². The Morgan fingerprint density at radius 1 is 1.07 bits per heavy atom. The number of benzene rings is 3. The lowest BCUT2D eigenvalue weighted by atomic mass is 10.2. The lowest BCUT2D eigenvalue weighted by Crippen LogP contribution is -2.29. The van der Waals surface area contributed by atoms with E-state index in [1.165, 1.54) is 29.6 Å². The molecule has 154 valence electrons. The fourth-order valence-electron chi connectivity index (χ4n) is 3.42. The van der Waals surface area contributed by atoms with Crippen molar-refractivity contribution in [3.63, 3.8) is 0 Å². The Balaban J connectivity index is 1.66. The number of halogens is 1. The molecule has 1 heterocycles. The second-order valence-electron chi connectivity index (χ2n) is 6.79. The maximum Gasteiger partial charge on any atom is 0.265 e. The quantitative estimate of drug-likeness (QED) is 0.637. The highest BCUT2D eigenvalue weighted by atomic mass is 35.5. The Bertz CT molecular complexity index is 1230. The lowest BCUT2D eigenvalue weighted by molar-refractivity contribution is 0.102. The normalized spacial score (nSPS) is 13.1. The minimum absolute atomic E-state index is 0.0670. The predicted molar refractivity (Wildman–Crippen MR) is 117 cm³/mol. The van der Waals surface area contributed by atoms with Crippen LogP contribution in [0.1, 0.15) is 15.9 Å². The molecule has 0 fully saturated rings. The number of nitrogens with zero attached hydrogens (tertiary/aromatic N) is 1. The van der Waals surface area contributed by atoms with Gasteiger partial charge in [-0.1, -0.05) is 35.9 Å². The topological polar surface area (TPSA) is 75.7 Å². The Hall–Kier alpha value is -3.03. The zero-order chi connectivity index (χ0) is 21.3. The van der Waals surface area contributed by atoms with Crippen LogP contribution in [0.15, 0.2) is 71.6 Å². The van der Waals surface area contributed by atoms with Gasteiger partial charge in [-0.25, -0.2) is 8.42 Å². The van der Waals surface area contributed by atoms with Gasteiger partial charge in [0, 0.05) is 23.9 Å². The molecule has 0 atom stereocenters. The van der Waals surface area contributed by atoms with Crippen molar-refractivity contribution in [3.05, 3.63) is 82.9 Å². The van der Waals surface area contributed by atoms with E-state index in [1.54, 1.807) is 36.4 Å². The van der Waals surface area contributed by atoms with Crippen LogP contribution in [0.5, 0.6) is 5.75 Å².